The smallest absolute Gasteiger partial charge is 0.115 e. The molecule has 0 amide bonds. The van der Waals surface area contributed by atoms with Crippen LogP contribution in [0.5, 0.6) is 0 Å². The Morgan fingerprint density at radius 3 is 2.43 bits per heavy atom. The van der Waals surface area contributed by atoms with Gasteiger partial charge < -0.3 is 10.0 Å². The molecular formula is C9H18N4O. The fourth-order valence-corrected chi connectivity index (χ4v) is 1.15. The molecule has 5 heteroatoms. The molecular weight excluding hydrogens is 180 g/mol. The maximum Gasteiger partial charge on any atom is 0.115 e. The van der Waals surface area contributed by atoms with Gasteiger partial charge in [0.15, 0.2) is 0 Å². The molecule has 1 N–H and O–H groups in total. The summed E-state index contributed by atoms with van der Waals surface area (Å²) in [5.41, 5.74) is 0.388. The van der Waals surface area contributed by atoms with Gasteiger partial charge in [-0.25, -0.2) is 4.68 Å². The summed E-state index contributed by atoms with van der Waals surface area (Å²) in [7, 11) is 5.65. The van der Waals surface area contributed by atoms with Gasteiger partial charge >= 0.3 is 0 Å². The van der Waals surface area contributed by atoms with E-state index >= 15 is 0 Å². The number of aromatic nitrogens is 3. The standard InChI is InChI=1S/C9H18N4O/c1-9(2,12(3)4)8(14)7-6-10-11-13(7)5/h6,8,14H,1-5H3. The summed E-state index contributed by atoms with van der Waals surface area (Å²) in [6, 6.07) is 0. The molecule has 1 unspecified atom stereocenters. The van der Waals surface area contributed by atoms with E-state index in [1.165, 1.54) is 0 Å². The van der Waals surface area contributed by atoms with Gasteiger partial charge in [-0.2, -0.15) is 0 Å². The van der Waals surface area contributed by atoms with Crippen molar-refractivity contribution in [3.63, 3.8) is 0 Å². The average molecular weight is 198 g/mol. The third kappa shape index (κ3) is 1.78. The summed E-state index contributed by atoms with van der Waals surface area (Å²) in [5, 5.41) is 17.7. The molecule has 14 heavy (non-hydrogen) atoms. The van der Waals surface area contributed by atoms with Gasteiger partial charge in [0.1, 0.15) is 6.10 Å². The van der Waals surface area contributed by atoms with E-state index in [9.17, 15) is 5.11 Å². The molecule has 0 radical (unpaired) electrons. The fourth-order valence-electron chi connectivity index (χ4n) is 1.15. The van der Waals surface area contributed by atoms with E-state index in [1.54, 1.807) is 17.9 Å². The number of hydrogen-bond acceptors (Lipinski definition) is 4. The van der Waals surface area contributed by atoms with Crippen molar-refractivity contribution in [2.75, 3.05) is 14.1 Å². The summed E-state index contributed by atoms with van der Waals surface area (Å²) < 4.78 is 1.59. The Kier molecular flexibility index (Phi) is 2.92. The van der Waals surface area contributed by atoms with Crippen molar-refractivity contribution in [1.82, 2.24) is 19.9 Å². The highest BCUT2D eigenvalue weighted by Gasteiger charge is 2.33. The Hall–Kier alpha value is -0.940. The predicted octanol–water partition coefficient (Wildman–Crippen LogP) is 0.189. The highest BCUT2D eigenvalue weighted by Crippen LogP contribution is 2.27. The zero-order valence-corrected chi connectivity index (χ0v) is 9.39. The van der Waals surface area contributed by atoms with Gasteiger partial charge in [-0.1, -0.05) is 5.21 Å². The Morgan fingerprint density at radius 1 is 1.50 bits per heavy atom. The molecule has 0 aromatic carbocycles. The summed E-state index contributed by atoms with van der Waals surface area (Å²) in [6.07, 6.45) is 0.994. The zero-order valence-electron chi connectivity index (χ0n) is 9.39. The van der Waals surface area contributed by atoms with E-state index in [2.05, 4.69) is 10.3 Å². The Bertz CT molecular complexity index is 306. The number of nitrogens with zero attached hydrogens (tertiary/aromatic N) is 4. The van der Waals surface area contributed by atoms with Crippen LogP contribution in [0.1, 0.15) is 25.6 Å². The van der Waals surface area contributed by atoms with Crippen LogP contribution in [0.3, 0.4) is 0 Å². The van der Waals surface area contributed by atoms with Crippen LogP contribution >= 0.6 is 0 Å². The lowest BCUT2D eigenvalue weighted by molar-refractivity contribution is 0.0113. The Labute approximate surface area is 84.3 Å². The number of likely N-dealkylation sites (N-methyl/N-ethyl adjacent to an activating group) is 1. The number of hydrogen-bond donors (Lipinski definition) is 1. The molecule has 1 aromatic heterocycles. The van der Waals surface area contributed by atoms with Crippen LogP contribution < -0.4 is 0 Å². The highest BCUT2D eigenvalue weighted by atomic mass is 16.3. The minimum atomic E-state index is -0.600. The van der Waals surface area contributed by atoms with Crippen LogP contribution in [0.15, 0.2) is 6.20 Å². The monoisotopic (exact) mass is 198 g/mol. The molecule has 0 aliphatic carbocycles. The molecule has 80 valence electrons. The summed E-state index contributed by atoms with van der Waals surface area (Å²) in [6.45, 7) is 3.95. The maximum absolute atomic E-state index is 10.1. The Balaban J connectivity index is 2.96. The molecule has 1 heterocycles. The van der Waals surface area contributed by atoms with Crippen molar-refractivity contribution in [2.45, 2.75) is 25.5 Å². The zero-order chi connectivity index (χ0) is 10.9. The van der Waals surface area contributed by atoms with Crippen LogP contribution in [-0.4, -0.2) is 44.6 Å². The lowest BCUT2D eigenvalue weighted by Gasteiger charge is -2.36. The van der Waals surface area contributed by atoms with Gasteiger partial charge in [0.2, 0.25) is 0 Å². The summed E-state index contributed by atoms with van der Waals surface area (Å²) >= 11 is 0. The van der Waals surface area contributed by atoms with Crippen LogP contribution in [-0.2, 0) is 7.05 Å². The van der Waals surface area contributed by atoms with E-state index in [-0.39, 0.29) is 5.54 Å². The molecule has 1 rings (SSSR count). The van der Waals surface area contributed by atoms with Gasteiger partial charge in [-0.3, -0.25) is 0 Å². The van der Waals surface area contributed by atoms with Crippen LogP contribution in [0.4, 0.5) is 0 Å². The molecule has 0 bridgehead atoms. The number of aliphatic hydroxyl groups excluding tert-OH is 1. The first-order valence-corrected chi connectivity index (χ1v) is 4.57. The number of rotatable bonds is 3. The van der Waals surface area contributed by atoms with E-state index in [0.29, 0.717) is 0 Å². The van der Waals surface area contributed by atoms with Gasteiger partial charge in [0, 0.05) is 12.6 Å². The lowest BCUT2D eigenvalue weighted by atomic mass is 9.94. The molecule has 1 atom stereocenters. The van der Waals surface area contributed by atoms with Gasteiger partial charge in [0.25, 0.3) is 0 Å². The molecule has 0 fully saturated rings. The van der Waals surface area contributed by atoms with Crippen molar-refractivity contribution in [3.05, 3.63) is 11.9 Å². The topological polar surface area (TPSA) is 54.2 Å². The molecule has 0 spiro atoms. The van der Waals surface area contributed by atoms with Crippen molar-refractivity contribution in [3.8, 4) is 0 Å². The van der Waals surface area contributed by atoms with Gasteiger partial charge in [0.05, 0.1) is 11.9 Å². The highest BCUT2D eigenvalue weighted by molar-refractivity contribution is 5.06. The molecule has 0 aliphatic rings. The molecule has 0 saturated heterocycles. The van der Waals surface area contributed by atoms with Crippen molar-refractivity contribution in [2.24, 2.45) is 7.05 Å². The first kappa shape index (κ1) is 11.1. The average Bonchev–Trinajstić information content (AvgIpc) is 2.49. The van der Waals surface area contributed by atoms with E-state index in [1.807, 2.05) is 32.8 Å². The van der Waals surface area contributed by atoms with Gasteiger partial charge in [-0.15, -0.1) is 5.10 Å². The fraction of sp³-hybridized carbons (Fsp3) is 0.778. The number of aliphatic hydroxyl groups is 1. The maximum atomic E-state index is 10.1. The van der Waals surface area contributed by atoms with Crippen LogP contribution in [0.2, 0.25) is 0 Å². The molecule has 0 aliphatic heterocycles. The second kappa shape index (κ2) is 3.67. The lowest BCUT2D eigenvalue weighted by Crippen LogP contribution is -2.44. The SMILES string of the molecule is CN(C)C(C)(C)C(O)c1cnnn1C. The minimum Gasteiger partial charge on any atom is -0.385 e. The van der Waals surface area contributed by atoms with Crippen molar-refractivity contribution < 1.29 is 5.11 Å². The summed E-state index contributed by atoms with van der Waals surface area (Å²) in [5.74, 6) is 0. The molecule has 0 saturated carbocycles. The van der Waals surface area contributed by atoms with Gasteiger partial charge in [-0.05, 0) is 27.9 Å². The molecule has 1 aromatic rings. The quantitative estimate of drug-likeness (QED) is 0.753. The number of aryl methyl sites for hydroxylation is 1. The van der Waals surface area contributed by atoms with Crippen molar-refractivity contribution >= 4 is 0 Å². The third-order valence-corrected chi connectivity index (χ3v) is 2.85. The van der Waals surface area contributed by atoms with Crippen molar-refractivity contribution in [1.29, 1.82) is 0 Å². The minimum absolute atomic E-state index is 0.338. The summed E-state index contributed by atoms with van der Waals surface area (Å²) in [4.78, 5) is 1.98. The largest absolute Gasteiger partial charge is 0.385 e. The van der Waals surface area contributed by atoms with E-state index in [4.69, 9.17) is 0 Å². The first-order chi connectivity index (χ1) is 6.37. The Morgan fingerprint density at radius 2 is 2.07 bits per heavy atom. The first-order valence-electron chi connectivity index (χ1n) is 4.57. The second-order valence-corrected chi connectivity index (χ2v) is 4.23. The molecule has 5 nitrogen and oxygen atoms in total. The normalized spacial score (nSPS) is 14.8. The second-order valence-electron chi connectivity index (χ2n) is 4.23. The van der Waals surface area contributed by atoms with E-state index in [0.717, 1.165) is 5.69 Å². The van der Waals surface area contributed by atoms with E-state index < -0.39 is 6.10 Å². The van der Waals surface area contributed by atoms with Crippen LogP contribution in [0.25, 0.3) is 0 Å². The predicted molar refractivity (Wildman–Crippen MR) is 53.7 cm³/mol. The van der Waals surface area contributed by atoms with Crippen LogP contribution in [0, 0.1) is 0 Å². The third-order valence-electron chi connectivity index (χ3n) is 2.85.